The molecule has 0 aromatic heterocycles. The molecule has 0 bridgehead atoms. The lowest BCUT2D eigenvalue weighted by molar-refractivity contribution is -0.126. The topological polar surface area (TPSA) is 49.9 Å². The van der Waals surface area contributed by atoms with Crippen molar-refractivity contribution in [3.8, 4) is 0 Å². The molecule has 3 rings (SSSR count). The molecule has 0 saturated carbocycles. The first-order valence-electron chi connectivity index (χ1n) is 8.62. The number of carbonyl (C=O) groups is 2. The van der Waals surface area contributed by atoms with Crippen molar-refractivity contribution < 1.29 is 14.3 Å². The van der Waals surface area contributed by atoms with Crippen LogP contribution in [-0.2, 0) is 16.1 Å². The number of carbonyl (C=O) groups excluding carboxylic acids is 2. The smallest absolute Gasteiger partial charge is 0.410 e. The SMILES string of the molecule is CC(C)(C)OC(=O)N1CCC(=O)[C@H]2CN(Cc3ccccc3)C[C@H]21. The molecule has 2 fully saturated rings. The van der Waals surface area contributed by atoms with Gasteiger partial charge in [-0.2, -0.15) is 0 Å². The highest BCUT2D eigenvalue weighted by Crippen LogP contribution is 2.30. The van der Waals surface area contributed by atoms with Crippen LogP contribution < -0.4 is 0 Å². The number of hydrogen-bond acceptors (Lipinski definition) is 4. The van der Waals surface area contributed by atoms with Gasteiger partial charge in [0.25, 0.3) is 0 Å². The summed E-state index contributed by atoms with van der Waals surface area (Å²) in [5.41, 5.74) is 0.712. The molecule has 0 N–H and O–H groups in total. The standard InChI is InChI=1S/C19H26N2O3/c1-19(2,3)24-18(23)21-10-9-17(22)15-12-20(13-16(15)21)11-14-7-5-4-6-8-14/h4-8,15-16H,9-13H2,1-3H3/t15-,16+/m0/s1. The quantitative estimate of drug-likeness (QED) is 0.836. The second-order valence-corrected chi connectivity index (χ2v) is 7.74. The molecule has 0 aliphatic carbocycles. The van der Waals surface area contributed by atoms with Crippen molar-refractivity contribution in [1.29, 1.82) is 0 Å². The van der Waals surface area contributed by atoms with E-state index in [2.05, 4.69) is 17.0 Å². The van der Waals surface area contributed by atoms with E-state index in [9.17, 15) is 9.59 Å². The third-order valence-corrected chi connectivity index (χ3v) is 4.65. The summed E-state index contributed by atoms with van der Waals surface area (Å²) in [6, 6.07) is 10.2. The van der Waals surface area contributed by atoms with Crippen molar-refractivity contribution in [3.63, 3.8) is 0 Å². The summed E-state index contributed by atoms with van der Waals surface area (Å²) in [5, 5.41) is 0. The number of ether oxygens (including phenoxy) is 1. The maximum atomic E-state index is 12.5. The fourth-order valence-corrected chi connectivity index (χ4v) is 3.60. The number of piperidine rings is 1. The monoisotopic (exact) mass is 330 g/mol. The Kier molecular flexibility index (Phi) is 4.63. The first-order valence-corrected chi connectivity index (χ1v) is 8.62. The molecule has 2 aliphatic rings. The Balaban J connectivity index is 1.70. The fraction of sp³-hybridized carbons (Fsp3) is 0.579. The Labute approximate surface area is 143 Å². The van der Waals surface area contributed by atoms with Crippen LogP contribution in [0.25, 0.3) is 0 Å². The van der Waals surface area contributed by atoms with Crippen LogP contribution in [0.5, 0.6) is 0 Å². The Morgan fingerprint density at radius 2 is 1.92 bits per heavy atom. The van der Waals surface area contributed by atoms with Gasteiger partial charge in [-0.3, -0.25) is 9.69 Å². The first kappa shape index (κ1) is 17.0. The number of Topliss-reactive ketones (excluding diaryl/α,β-unsaturated/α-hetero) is 1. The third kappa shape index (κ3) is 3.78. The number of hydrogen-bond donors (Lipinski definition) is 0. The molecule has 130 valence electrons. The zero-order chi connectivity index (χ0) is 17.3. The van der Waals surface area contributed by atoms with Gasteiger partial charge in [-0.1, -0.05) is 30.3 Å². The van der Waals surface area contributed by atoms with Gasteiger partial charge in [0.2, 0.25) is 0 Å². The van der Waals surface area contributed by atoms with E-state index in [4.69, 9.17) is 4.74 Å². The van der Waals surface area contributed by atoms with Crippen molar-refractivity contribution in [2.75, 3.05) is 19.6 Å². The normalized spacial score (nSPS) is 24.8. The Hall–Kier alpha value is -1.88. The molecule has 5 heteroatoms. The van der Waals surface area contributed by atoms with Crippen molar-refractivity contribution in [1.82, 2.24) is 9.80 Å². The molecule has 1 aromatic rings. The van der Waals surface area contributed by atoms with Crippen molar-refractivity contribution in [3.05, 3.63) is 35.9 Å². The van der Waals surface area contributed by atoms with E-state index in [0.717, 1.165) is 19.6 Å². The van der Waals surface area contributed by atoms with E-state index >= 15 is 0 Å². The number of nitrogens with zero attached hydrogens (tertiary/aromatic N) is 2. The van der Waals surface area contributed by atoms with Gasteiger partial charge >= 0.3 is 6.09 Å². The van der Waals surface area contributed by atoms with E-state index in [1.807, 2.05) is 39.0 Å². The summed E-state index contributed by atoms with van der Waals surface area (Å²) < 4.78 is 5.53. The number of benzene rings is 1. The molecule has 24 heavy (non-hydrogen) atoms. The van der Waals surface area contributed by atoms with E-state index < -0.39 is 5.60 Å². The zero-order valence-electron chi connectivity index (χ0n) is 14.7. The summed E-state index contributed by atoms with van der Waals surface area (Å²) in [6.45, 7) is 8.33. The second kappa shape index (κ2) is 6.55. The molecule has 2 atom stereocenters. The average molecular weight is 330 g/mol. The van der Waals surface area contributed by atoms with Crippen molar-refractivity contribution in [2.24, 2.45) is 5.92 Å². The predicted molar refractivity (Wildman–Crippen MR) is 91.6 cm³/mol. The van der Waals surface area contributed by atoms with Crippen LogP contribution in [0.1, 0.15) is 32.8 Å². The summed E-state index contributed by atoms with van der Waals surface area (Å²) in [4.78, 5) is 28.9. The van der Waals surface area contributed by atoms with Crippen LogP contribution in [0.3, 0.4) is 0 Å². The fourth-order valence-electron chi connectivity index (χ4n) is 3.60. The molecule has 0 unspecified atom stereocenters. The average Bonchev–Trinajstić information content (AvgIpc) is 2.91. The van der Waals surface area contributed by atoms with Crippen LogP contribution >= 0.6 is 0 Å². The second-order valence-electron chi connectivity index (χ2n) is 7.74. The van der Waals surface area contributed by atoms with E-state index in [1.54, 1.807) is 4.90 Å². The lowest BCUT2D eigenvalue weighted by Gasteiger charge is -2.37. The minimum absolute atomic E-state index is 0.0650. The largest absolute Gasteiger partial charge is 0.444 e. The van der Waals surface area contributed by atoms with E-state index in [0.29, 0.717) is 13.0 Å². The zero-order valence-corrected chi connectivity index (χ0v) is 14.7. The molecular formula is C19H26N2O3. The lowest BCUT2D eigenvalue weighted by atomic mass is 9.91. The molecule has 2 aliphatic heterocycles. The van der Waals surface area contributed by atoms with Gasteiger partial charge < -0.3 is 9.64 Å². The first-order chi connectivity index (χ1) is 11.3. The number of amides is 1. The third-order valence-electron chi connectivity index (χ3n) is 4.65. The lowest BCUT2D eigenvalue weighted by Crippen LogP contribution is -2.53. The maximum Gasteiger partial charge on any atom is 0.410 e. The van der Waals surface area contributed by atoms with Gasteiger partial charge in [-0.25, -0.2) is 4.79 Å². The number of likely N-dealkylation sites (tertiary alicyclic amines) is 2. The van der Waals surface area contributed by atoms with Gasteiger partial charge in [-0.05, 0) is 26.3 Å². The molecular weight excluding hydrogens is 304 g/mol. The summed E-state index contributed by atoms with van der Waals surface area (Å²) >= 11 is 0. The van der Waals surface area contributed by atoms with Crippen LogP contribution in [0.15, 0.2) is 30.3 Å². The summed E-state index contributed by atoms with van der Waals surface area (Å²) in [5.74, 6) is 0.186. The Morgan fingerprint density at radius 3 is 2.58 bits per heavy atom. The number of fused-ring (bicyclic) bond motifs is 1. The molecule has 2 heterocycles. The summed E-state index contributed by atoms with van der Waals surface area (Å²) in [6.07, 6.45) is 0.131. The van der Waals surface area contributed by atoms with Crippen LogP contribution in [0, 0.1) is 5.92 Å². The van der Waals surface area contributed by atoms with Crippen LogP contribution in [0.4, 0.5) is 4.79 Å². The van der Waals surface area contributed by atoms with E-state index in [1.165, 1.54) is 5.56 Å². The highest BCUT2D eigenvalue weighted by molar-refractivity contribution is 5.85. The highest BCUT2D eigenvalue weighted by Gasteiger charge is 2.46. The van der Waals surface area contributed by atoms with Gasteiger partial charge in [0.15, 0.2) is 0 Å². The predicted octanol–water partition coefficient (Wildman–Crippen LogP) is 2.70. The summed E-state index contributed by atoms with van der Waals surface area (Å²) in [7, 11) is 0. The molecule has 2 saturated heterocycles. The van der Waals surface area contributed by atoms with Gasteiger partial charge in [0, 0.05) is 32.6 Å². The maximum absolute atomic E-state index is 12.5. The Morgan fingerprint density at radius 1 is 1.21 bits per heavy atom. The number of ketones is 1. The van der Waals surface area contributed by atoms with Gasteiger partial charge in [0.05, 0.1) is 12.0 Å². The van der Waals surface area contributed by atoms with Crippen molar-refractivity contribution >= 4 is 11.9 Å². The Bertz CT molecular complexity index is 609. The van der Waals surface area contributed by atoms with E-state index in [-0.39, 0.29) is 23.8 Å². The molecule has 1 amide bonds. The minimum atomic E-state index is -0.517. The molecule has 5 nitrogen and oxygen atoms in total. The molecule has 1 aromatic carbocycles. The molecule has 0 spiro atoms. The number of rotatable bonds is 2. The van der Waals surface area contributed by atoms with Gasteiger partial charge in [0.1, 0.15) is 11.4 Å². The van der Waals surface area contributed by atoms with Gasteiger partial charge in [-0.15, -0.1) is 0 Å². The minimum Gasteiger partial charge on any atom is -0.444 e. The molecule has 0 radical (unpaired) electrons. The highest BCUT2D eigenvalue weighted by atomic mass is 16.6. The van der Waals surface area contributed by atoms with Crippen LogP contribution in [-0.4, -0.2) is 53.0 Å². The van der Waals surface area contributed by atoms with Crippen molar-refractivity contribution in [2.45, 2.75) is 45.4 Å². The van der Waals surface area contributed by atoms with Crippen LogP contribution in [0.2, 0.25) is 0 Å².